The van der Waals surface area contributed by atoms with Crippen LogP contribution in [0.1, 0.15) is 26.3 Å². The van der Waals surface area contributed by atoms with E-state index < -0.39 is 16.4 Å². The fourth-order valence-electron chi connectivity index (χ4n) is 1.58. The minimum Gasteiger partial charge on any atom is -0.458 e. The van der Waals surface area contributed by atoms with Crippen molar-refractivity contribution in [1.82, 2.24) is 0 Å². The molecule has 0 amide bonds. The van der Waals surface area contributed by atoms with E-state index in [4.69, 9.17) is 4.74 Å². The monoisotopic (exact) mass is 280 g/mol. The lowest BCUT2D eigenvalue weighted by Gasteiger charge is -2.21. The van der Waals surface area contributed by atoms with Crippen LogP contribution in [0.15, 0.2) is 24.3 Å². The van der Waals surface area contributed by atoms with Gasteiger partial charge in [-0.1, -0.05) is 12.1 Å². The second kappa shape index (κ2) is 6.36. The van der Waals surface area contributed by atoms with E-state index in [9.17, 15) is 14.9 Å². The lowest BCUT2D eigenvalue weighted by Crippen LogP contribution is -2.50. The van der Waals surface area contributed by atoms with E-state index in [2.05, 4.69) is 5.32 Å². The predicted octanol–water partition coefficient (Wildman–Crippen LogP) is 2.39. The molecule has 1 rings (SSSR count). The highest BCUT2D eigenvalue weighted by Crippen LogP contribution is 2.16. The molecule has 0 heterocycles. The molecule has 110 valence electrons. The van der Waals surface area contributed by atoms with Gasteiger partial charge in [0, 0.05) is 17.5 Å². The van der Waals surface area contributed by atoms with E-state index in [0.29, 0.717) is 0 Å². The van der Waals surface area contributed by atoms with E-state index >= 15 is 0 Å². The summed E-state index contributed by atoms with van der Waals surface area (Å²) in [6.45, 7) is 6.37. The lowest BCUT2D eigenvalue weighted by molar-refractivity contribution is -0.547. The first-order chi connectivity index (χ1) is 9.25. The molecule has 20 heavy (non-hydrogen) atoms. The highest BCUT2D eigenvalue weighted by Gasteiger charge is 2.48. The minimum atomic E-state index is -1.81. The van der Waals surface area contributed by atoms with Crippen molar-refractivity contribution in [1.29, 1.82) is 0 Å². The number of carbonyl (C=O) groups excluding carboxylic acids is 1. The zero-order chi connectivity index (χ0) is 15.3. The Balaban J connectivity index is 2.82. The van der Waals surface area contributed by atoms with Gasteiger partial charge in [-0.05, 0) is 38.5 Å². The van der Waals surface area contributed by atoms with Crippen LogP contribution in [-0.2, 0) is 9.53 Å². The molecule has 1 atom stereocenters. The third-order valence-corrected chi connectivity index (χ3v) is 2.84. The van der Waals surface area contributed by atoms with E-state index in [1.54, 1.807) is 19.9 Å². The molecule has 0 aliphatic rings. The van der Waals surface area contributed by atoms with Crippen molar-refractivity contribution in [2.24, 2.45) is 0 Å². The molecule has 0 fully saturated rings. The number of rotatable bonds is 6. The summed E-state index contributed by atoms with van der Waals surface area (Å²) in [5.41, 5.74) is -0.0495. The number of nitro groups is 1. The van der Waals surface area contributed by atoms with Crippen LogP contribution in [0.25, 0.3) is 0 Å². The maximum absolute atomic E-state index is 11.9. The number of nitrogens with one attached hydrogen (secondary N) is 1. The Morgan fingerprint density at radius 2 is 2.15 bits per heavy atom. The maximum Gasteiger partial charge on any atom is 0.386 e. The van der Waals surface area contributed by atoms with Gasteiger partial charge in [-0.15, -0.1) is 0 Å². The number of aryl methyl sites for hydroxylation is 1. The van der Waals surface area contributed by atoms with Gasteiger partial charge in [0.2, 0.25) is 0 Å². The van der Waals surface area contributed by atoms with Gasteiger partial charge >= 0.3 is 11.5 Å². The zero-order valence-corrected chi connectivity index (χ0v) is 12.2. The average Bonchev–Trinajstić information content (AvgIpc) is 2.34. The van der Waals surface area contributed by atoms with Crippen LogP contribution in [0.5, 0.6) is 0 Å². The SMILES string of the molecule is Cc1cccc(NCC(C)(C(=O)OC(C)C)[N+](=O)[O-])c1. The molecule has 0 aromatic heterocycles. The molecule has 1 aromatic carbocycles. The van der Waals surface area contributed by atoms with Crippen molar-refractivity contribution in [3.05, 3.63) is 39.9 Å². The van der Waals surface area contributed by atoms with Crippen LogP contribution in [0.3, 0.4) is 0 Å². The molecule has 1 aromatic rings. The number of hydrogen-bond acceptors (Lipinski definition) is 5. The fraction of sp³-hybridized carbons (Fsp3) is 0.500. The topological polar surface area (TPSA) is 81.5 Å². The third kappa shape index (κ3) is 3.94. The first kappa shape index (κ1) is 15.9. The van der Waals surface area contributed by atoms with Gasteiger partial charge in [-0.25, -0.2) is 4.79 Å². The molecule has 0 aliphatic heterocycles. The summed E-state index contributed by atoms with van der Waals surface area (Å²) in [7, 11) is 0. The Morgan fingerprint density at radius 1 is 1.50 bits per heavy atom. The van der Waals surface area contributed by atoms with Crippen LogP contribution in [-0.4, -0.2) is 29.1 Å². The molecular weight excluding hydrogens is 260 g/mol. The number of ether oxygens (including phenoxy) is 1. The first-order valence-corrected chi connectivity index (χ1v) is 6.42. The number of hydrogen-bond donors (Lipinski definition) is 1. The van der Waals surface area contributed by atoms with Crippen LogP contribution < -0.4 is 5.32 Å². The average molecular weight is 280 g/mol. The van der Waals surface area contributed by atoms with Crippen LogP contribution in [0.2, 0.25) is 0 Å². The first-order valence-electron chi connectivity index (χ1n) is 6.42. The van der Waals surface area contributed by atoms with Gasteiger partial charge in [0.1, 0.15) is 0 Å². The summed E-state index contributed by atoms with van der Waals surface area (Å²) in [5.74, 6) is -0.836. The smallest absolute Gasteiger partial charge is 0.386 e. The Hall–Kier alpha value is -2.11. The Morgan fingerprint density at radius 3 is 2.65 bits per heavy atom. The second-order valence-electron chi connectivity index (χ2n) is 5.21. The Bertz CT molecular complexity index is 502. The number of carbonyl (C=O) groups is 1. The normalized spacial score (nSPS) is 13.7. The zero-order valence-electron chi connectivity index (χ0n) is 12.2. The molecule has 0 bridgehead atoms. The quantitative estimate of drug-likeness (QED) is 0.491. The van der Waals surface area contributed by atoms with Crippen LogP contribution in [0, 0.1) is 17.0 Å². The van der Waals surface area contributed by atoms with Crippen molar-refractivity contribution in [3.63, 3.8) is 0 Å². The molecule has 0 saturated carbocycles. The summed E-state index contributed by atoms with van der Waals surface area (Å²) >= 11 is 0. The largest absolute Gasteiger partial charge is 0.458 e. The Kier molecular flexibility index (Phi) is 5.07. The van der Waals surface area contributed by atoms with Crippen LogP contribution in [0.4, 0.5) is 5.69 Å². The van der Waals surface area contributed by atoms with Gasteiger partial charge in [0.25, 0.3) is 0 Å². The molecule has 1 N–H and O–H groups in total. The van der Waals surface area contributed by atoms with Crippen molar-refractivity contribution in [2.45, 2.75) is 39.3 Å². The summed E-state index contributed by atoms with van der Waals surface area (Å²) in [6, 6.07) is 7.41. The van der Waals surface area contributed by atoms with Crippen LogP contribution >= 0.6 is 0 Å². The highest BCUT2D eigenvalue weighted by atomic mass is 16.6. The molecule has 0 aliphatic carbocycles. The van der Waals surface area contributed by atoms with Crippen molar-refractivity contribution in [2.75, 3.05) is 11.9 Å². The Labute approximate surface area is 118 Å². The summed E-state index contributed by atoms with van der Waals surface area (Å²) in [5, 5.41) is 14.1. The van der Waals surface area contributed by atoms with Gasteiger partial charge in [-0.3, -0.25) is 10.1 Å². The third-order valence-electron chi connectivity index (χ3n) is 2.84. The predicted molar refractivity (Wildman–Crippen MR) is 76.3 cm³/mol. The fourth-order valence-corrected chi connectivity index (χ4v) is 1.58. The number of nitrogens with zero attached hydrogens (tertiary/aromatic N) is 1. The molecule has 1 unspecified atom stereocenters. The van der Waals surface area contributed by atoms with Gasteiger partial charge in [0.15, 0.2) is 0 Å². The highest BCUT2D eigenvalue weighted by molar-refractivity contribution is 5.79. The lowest BCUT2D eigenvalue weighted by atomic mass is 10.0. The van der Waals surface area contributed by atoms with E-state index in [1.807, 2.05) is 25.1 Å². The standard InChI is InChI=1S/C14H20N2O4/c1-10(2)20-13(17)14(4,16(18)19)9-15-12-7-5-6-11(3)8-12/h5-8,10,15H,9H2,1-4H3. The van der Waals surface area contributed by atoms with Gasteiger partial charge < -0.3 is 10.1 Å². The number of anilines is 1. The minimum absolute atomic E-state index is 0.130. The van der Waals surface area contributed by atoms with Gasteiger partial charge in [-0.2, -0.15) is 0 Å². The van der Waals surface area contributed by atoms with Gasteiger partial charge in [0.05, 0.1) is 12.6 Å². The molecule has 0 radical (unpaired) electrons. The van der Waals surface area contributed by atoms with E-state index in [1.165, 1.54) is 6.92 Å². The molecule has 0 saturated heterocycles. The van der Waals surface area contributed by atoms with Crippen molar-refractivity contribution < 1.29 is 14.5 Å². The number of benzene rings is 1. The molecular formula is C14H20N2O4. The molecule has 6 heteroatoms. The van der Waals surface area contributed by atoms with E-state index in [-0.39, 0.29) is 12.6 Å². The molecule has 0 spiro atoms. The number of esters is 1. The summed E-state index contributed by atoms with van der Waals surface area (Å²) in [6.07, 6.45) is -0.388. The summed E-state index contributed by atoms with van der Waals surface area (Å²) in [4.78, 5) is 22.5. The van der Waals surface area contributed by atoms with E-state index in [0.717, 1.165) is 11.3 Å². The molecule has 6 nitrogen and oxygen atoms in total. The maximum atomic E-state index is 11.9. The summed E-state index contributed by atoms with van der Waals surface area (Å²) < 4.78 is 4.97. The van der Waals surface area contributed by atoms with Crippen molar-refractivity contribution >= 4 is 11.7 Å². The van der Waals surface area contributed by atoms with Crippen molar-refractivity contribution in [3.8, 4) is 0 Å². The second-order valence-corrected chi connectivity index (χ2v) is 5.21.